The van der Waals surface area contributed by atoms with E-state index in [1.807, 2.05) is 19.1 Å². The highest BCUT2D eigenvalue weighted by Gasteiger charge is 2.37. The molecule has 2 amide bonds. The van der Waals surface area contributed by atoms with E-state index >= 15 is 0 Å². The zero-order valence-electron chi connectivity index (χ0n) is 22.9. The summed E-state index contributed by atoms with van der Waals surface area (Å²) in [6, 6.07) is 4.46. The number of benzene rings is 1. The molecule has 1 aromatic heterocycles. The molecule has 1 fully saturated rings. The molecule has 0 bridgehead atoms. The van der Waals surface area contributed by atoms with Gasteiger partial charge in [0.25, 0.3) is 5.91 Å². The van der Waals surface area contributed by atoms with Crippen molar-refractivity contribution < 1.29 is 28.6 Å². The van der Waals surface area contributed by atoms with Gasteiger partial charge in [-0.2, -0.15) is 0 Å². The van der Waals surface area contributed by atoms with Gasteiger partial charge in [-0.25, -0.2) is 14.4 Å². The fourth-order valence-electron chi connectivity index (χ4n) is 5.37. The lowest BCUT2D eigenvalue weighted by Gasteiger charge is -2.29. The van der Waals surface area contributed by atoms with Gasteiger partial charge < -0.3 is 30.1 Å². The second kappa shape index (κ2) is 12.2. The number of hydrogen-bond acceptors (Lipinski definition) is 8. The molecule has 3 atom stereocenters. The van der Waals surface area contributed by atoms with E-state index in [4.69, 9.17) is 21.1 Å². The molecule has 2 aliphatic heterocycles. The van der Waals surface area contributed by atoms with E-state index < -0.39 is 24.4 Å². The lowest BCUT2D eigenvalue weighted by Crippen LogP contribution is -2.46. The quantitative estimate of drug-likeness (QED) is 0.408. The van der Waals surface area contributed by atoms with E-state index in [1.165, 1.54) is 30.4 Å². The number of anilines is 1. The summed E-state index contributed by atoms with van der Waals surface area (Å²) in [5.41, 5.74) is 2.87. The Balaban J connectivity index is 1.29. The van der Waals surface area contributed by atoms with Crippen molar-refractivity contribution in [3.63, 3.8) is 0 Å². The smallest absolute Gasteiger partial charge is 0.255 e. The van der Waals surface area contributed by atoms with E-state index in [0.717, 1.165) is 18.4 Å². The number of nitrogens with zero attached hydrogens (tertiary/aromatic N) is 3. The number of rotatable bonds is 9. The van der Waals surface area contributed by atoms with Crippen LogP contribution in [-0.4, -0.2) is 83.2 Å². The van der Waals surface area contributed by atoms with Crippen LogP contribution in [0.3, 0.4) is 0 Å². The summed E-state index contributed by atoms with van der Waals surface area (Å²) in [5, 5.41) is 16.3. The van der Waals surface area contributed by atoms with Crippen LogP contribution in [0.15, 0.2) is 48.2 Å². The molecule has 0 spiro atoms. The van der Waals surface area contributed by atoms with Gasteiger partial charge in [-0.1, -0.05) is 35.9 Å². The van der Waals surface area contributed by atoms with E-state index in [1.54, 1.807) is 12.1 Å². The van der Waals surface area contributed by atoms with E-state index in [0.29, 0.717) is 46.6 Å². The maximum absolute atomic E-state index is 14.7. The topological polar surface area (TPSA) is 126 Å². The maximum Gasteiger partial charge on any atom is 0.255 e. The SMILES string of the molecule is COC1(F)C=CC=C([C@@H](CO)NC(=O)CN2C(=O)c3cc(-c4nc(NC5CCOCC5)ncc4Cl)ccc3[C@H]2C)C1. The van der Waals surface area contributed by atoms with E-state index in [2.05, 4.69) is 20.6 Å². The van der Waals surface area contributed by atoms with Gasteiger partial charge in [-0.05, 0) is 43.0 Å². The number of hydrogen-bond donors (Lipinski definition) is 3. The van der Waals surface area contributed by atoms with Crippen LogP contribution in [-0.2, 0) is 14.3 Å². The lowest BCUT2D eigenvalue weighted by molar-refractivity contribution is -0.123. The molecule has 218 valence electrons. The number of allylic oxidation sites excluding steroid dienone is 2. The molecule has 5 rings (SSSR count). The molecule has 3 heterocycles. The first-order chi connectivity index (χ1) is 19.7. The van der Waals surface area contributed by atoms with E-state index in [9.17, 15) is 19.1 Å². The van der Waals surface area contributed by atoms with Gasteiger partial charge in [-0.15, -0.1) is 0 Å². The minimum atomic E-state index is -2.00. The molecule has 10 nitrogen and oxygen atoms in total. The molecule has 3 N–H and O–H groups in total. The van der Waals surface area contributed by atoms with Crippen LogP contribution >= 0.6 is 11.6 Å². The Bertz CT molecular complexity index is 1380. The summed E-state index contributed by atoms with van der Waals surface area (Å²) in [7, 11) is 1.26. The number of halogens is 2. The van der Waals surface area contributed by atoms with Gasteiger partial charge in [0.2, 0.25) is 17.7 Å². The molecule has 2 aromatic rings. The monoisotopic (exact) mass is 585 g/mol. The Morgan fingerprint density at radius 3 is 2.88 bits per heavy atom. The maximum atomic E-state index is 14.7. The lowest BCUT2D eigenvalue weighted by atomic mass is 9.94. The van der Waals surface area contributed by atoms with Gasteiger partial charge in [0.1, 0.15) is 6.54 Å². The van der Waals surface area contributed by atoms with Crippen LogP contribution < -0.4 is 10.6 Å². The number of methoxy groups -OCH3 is 1. The zero-order valence-corrected chi connectivity index (χ0v) is 23.7. The number of ether oxygens (including phenoxy) is 2. The van der Waals surface area contributed by atoms with Crippen LogP contribution in [0.4, 0.5) is 10.3 Å². The number of carbonyl (C=O) groups is 2. The van der Waals surface area contributed by atoms with Crippen molar-refractivity contribution in [2.24, 2.45) is 0 Å². The van der Waals surface area contributed by atoms with Crippen molar-refractivity contribution in [2.45, 2.75) is 50.2 Å². The van der Waals surface area contributed by atoms with Crippen molar-refractivity contribution in [1.82, 2.24) is 20.2 Å². The van der Waals surface area contributed by atoms with Crippen LogP contribution in [0.1, 0.15) is 48.1 Å². The second-order valence-electron chi connectivity index (χ2n) is 10.4. The highest BCUT2D eigenvalue weighted by atomic mass is 35.5. The Morgan fingerprint density at radius 2 is 2.15 bits per heavy atom. The highest BCUT2D eigenvalue weighted by molar-refractivity contribution is 6.33. The number of alkyl halides is 1. The Morgan fingerprint density at radius 1 is 1.37 bits per heavy atom. The standard InChI is InChI=1S/C29H33ClFN5O5/c1-17-21-6-5-18(26-23(30)14-32-28(35-26)33-20-7-10-41-11-8-20)12-22(21)27(39)36(17)15-25(38)34-24(16-37)19-4-3-9-29(31,13-19)40-2/h3-6,9,12,14,17,20,24,37H,7-8,10-11,13,15-16H2,1-2H3,(H,34,38)(H,32,33,35)/t17-,24-,29?/m1/s1. The number of carbonyl (C=O) groups excluding carboxylic acids is 2. The van der Waals surface area contributed by atoms with Gasteiger partial charge in [0.05, 0.1) is 35.6 Å². The van der Waals surface area contributed by atoms with Gasteiger partial charge >= 0.3 is 0 Å². The Hall–Kier alpha value is -3.38. The zero-order chi connectivity index (χ0) is 29.1. The summed E-state index contributed by atoms with van der Waals surface area (Å²) in [6.45, 7) is 2.54. The largest absolute Gasteiger partial charge is 0.394 e. The third-order valence-electron chi connectivity index (χ3n) is 7.75. The Labute approximate surface area is 242 Å². The van der Waals surface area contributed by atoms with Crippen LogP contribution in [0, 0.1) is 0 Å². The molecule has 0 radical (unpaired) electrons. The average molecular weight is 586 g/mol. The number of aromatic nitrogens is 2. The first kappa shape index (κ1) is 29.1. The highest BCUT2D eigenvalue weighted by Crippen LogP contribution is 2.37. The summed E-state index contributed by atoms with van der Waals surface area (Å²) < 4.78 is 25.0. The molecule has 12 heteroatoms. The van der Waals surface area contributed by atoms with Gasteiger partial charge in [0.15, 0.2) is 0 Å². The number of aliphatic hydroxyl groups excluding tert-OH is 1. The number of nitrogens with one attached hydrogen (secondary N) is 2. The number of fused-ring (bicyclic) bond motifs is 1. The third-order valence-corrected chi connectivity index (χ3v) is 8.03. The fourth-order valence-corrected chi connectivity index (χ4v) is 5.57. The molecule has 1 aliphatic carbocycles. The first-order valence-corrected chi connectivity index (χ1v) is 13.9. The van der Waals surface area contributed by atoms with Crippen LogP contribution in [0.25, 0.3) is 11.3 Å². The van der Waals surface area contributed by atoms with Crippen molar-refractivity contribution in [3.8, 4) is 11.3 Å². The summed E-state index contributed by atoms with van der Waals surface area (Å²) in [4.78, 5) is 36.8. The summed E-state index contributed by atoms with van der Waals surface area (Å²) in [6.07, 6.45) is 7.53. The van der Waals surface area contributed by atoms with Crippen molar-refractivity contribution >= 4 is 29.4 Å². The van der Waals surface area contributed by atoms with E-state index in [-0.39, 0.29) is 31.0 Å². The van der Waals surface area contributed by atoms with Gasteiger partial charge in [0, 0.05) is 43.9 Å². The molecule has 1 aromatic carbocycles. The molecular formula is C29H33ClFN5O5. The molecule has 0 saturated carbocycles. The molecule has 3 aliphatic rings. The molecule has 1 unspecified atom stereocenters. The summed E-state index contributed by atoms with van der Waals surface area (Å²) >= 11 is 6.46. The predicted molar refractivity (Wildman–Crippen MR) is 151 cm³/mol. The average Bonchev–Trinajstić information content (AvgIpc) is 3.21. The van der Waals surface area contributed by atoms with Crippen LogP contribution in [0.2, 0.25) is 5.02 Å². The number of aliphatic hydroxyl groups is 1. The van der Waals surface area contributed by atoms with Crippen molar-refractivity contribution in [3.05, 3.63) is 64.3 Å². The molecular weight excluding hydrogens is 553 g/mol. The third kappa shape index (κ3) is 6.28. The minimum absolute atomic E-state index is 0.128. The normalized spacial score (nSPS) is 23.2. The first-order valence-electron chi connectivity index (χ1n) is 13.6. The second-order valence-corrected chi connectivity index (χ2v) is 10.8. The van der Waals surface area contributed by atoms with Gasteiger partial charge in [-0.3, -0.25) is 9.59 Å². The van der Waals surface area contributed by atoms with Crippen molar-refractivity contribution in [2.75, 3.05) is 38.8 Å². The van der Waals surface area contributed by atoms with Crippen LogP contribution in [0.5, 0.6) is 0 Å². The predicted octanol–water partition coefficient (Wildman–Crippen LogP) is 3.58. The molecule has 1 saturated heterocycles. The molecule has 41 heavy (non-hydrogen) atoms. The number of amides is 2. The summed E-state index contributed by atoms with van der Waals surface area (Å²) in [5.74, 6) is -2.34. The van der Waals surface area contributed by atoms with Crippen molar-refractivity contribution in [1.29, 1.82) is 0 Å². The minimum Gasteiger partial charge on any atom is -0.394 e. The fraction of sp³-hybridized carbons (Fsp3) is 0.448. The Kier molecular flexibility index (Phi) is 8.69.